The van der Waals surface area contributed by atoms with Crippen molar-refractivity contribution < 1.29 is 22.3 Å². The van der Waals surface area contributed by atoms with Crippen molar-refractivity contribution in [3.8, 4) is 5.75 Å². The summed E-state index contributed by atoms with van der Waals surface area (Å²) < 4.78 is 53.2. The molecule has 2 aromatic rings. The monoisotopic (exact) mass is 230 g/mol. The summed E-state index contributed by atoms with van der Waals surface area (Å²) in [6.07, 6.45) is -4.78. The third kappa shape index (κ3) is 2.08. The van der Waals surface area contributed by atoms with Crippen LogP contribution in [0.5, 0.6) is 5.75 Å². The maximum atomic E-state index is 13.3. The molecule has 2 rings (SSSR count). The van der Waals surface area contributed by atoms with E-state index in [0.29, 0.717) is 0 Å². The summed E-state index contributed by atoms with van der Waals surface area (Å²) in [7, 11) is 0. The molecular formula is C11H6F4O. The van der Waals surface area contributed by atoms with E-state index >= 15 is 0 Å². The van der Waals surface area contributed by atoms with Gasteiger partial charge < -0.3 is 4.74 Å². The van der Waals surface area contributed by atoms with Crippen LogP contribution in [-0.4, -0.2) is 6.36 Å². The van der Waals surface area contributed by atoms with E-state index in [1.165, 1.54) is 18.2 Å². The molecule has 0 saturated heterocycles. The first kappa shape index (κ1) is 10.7. The van der Waals surface area contributed by atoms with Crippen LogP contribution >= 0.6 is 0 Å². The normalized spacial score (nSPS) is 11.8. The lowest BCUT2D eigenvalue weighted by Gasteiger charge is -2.11. The smallest absolute Gasteiger partial charge is 0.405 e. The van der Waals surface area contributed by atoms with Crippen LogP contribution in [0.25, 0.3) is 10.8 Å². The van der Waals surface area contributed by atoms with Gasteiger partial charge in [0.1, 0.15) is 11.6 Å². The minimum atomic E-state index is -4.78. The van der Waals surface area contributed by atoms with Crippen LogP contribution in [0.4, 0.5) is 17.6 Å². The van der Waals surface area contributed by atoms with E-state index in [1.807, 2.05) is 0 Å². The molecule has 0 N–H and O–H groups in total. The summed E-state index contributed by atoms with van der Waals surface area (Å²) >= 11 is 0. The zero-order valence-corrected chi connectivity index (χ0v) is 7.88. The van der Waals surface area contributed by atoms with Gasteiger partial charge in [0.15, 0.2) is 0 Å². The number of hydrogen-bond donors (Lipinski definition) is 0. The minimum absolute atomic E-state index is 0.0971. The summed E-state index contributed by atoms with van der Waals surface area (Å²) in [6.45, 7) is 0. The molecule has 0 aliphatic heterocycles. The standard InChI is InChI=1S/C11H6F4O/c12-9-5-6-10(16-11(13,14)15)8-4-2-1-3-7(8)9/h1-6H. The second kappa shape index (κ2) is 3.66. The fourth-order valence-electron chi connectivity index (χ4n) is 1.45. The Hall–Kier alpha value is -1.78. The van der Waals surface area contributed by atoms with Crippen LogP contribution < -0.4 is 4.74 Å². The lowest BCUT2D eigenvalue weighted by Crippen LogP contribution is -2.17. The lowest BCUT2D eigenvalue weighted by molar-refractivity contribution is -0.274. The molecule has 0 heterocycles. The summed E-state index contributed by atoms with van der Waals surface area (Å²) in [5.41, 5.74) is 0. The van der Waals surface area contributed by atoms with Crippen LogP contribution in [0, 0.1) is 5.82 Å². The third-order valence-electron chi connectivity index (χ3n) is 2.06. The number of hydrogen-bond acceptors (Lipinski definition) is 1. The molecule has 0 saturated carbocycles. The van der Waals surface area contributed by atoms with Gasteiger partial charge in [-0.15, -0.1) is 13.2 Å². The van der Waals surface area contributed by atoms with Gasteiger partial charge in [0.25, 0.3) is 0 Å². The first-order chi connectivity index (χ1) is 7.47. The largest absolute Gasteiger partial charge is 0.573 e. The van der Waals surface area contributed by atoms with Crippen LogP contribution in [0.1, 0.15) is 0 Å². The Morgan fingerprint density at radius 2 is 1.50 bits per heavy atom. The first-order valence-corrected chi connectivity index (χ1v) is 4.40. The van der Waals surface area contributed by atoms with Gasteiger partial charge in [0.05, 0.1) is 0 Å². The molecule has 5 heteroatoms. The van der Waals surface area contributed by atoms with Crippen molar-refractivity contribution in [1.82, 2.24) is 0 Å². The fraction of sp³-hybridized carbons (Fsp3) is 0.0909. The second-order valence-corrected chi connectivity index (χ2v) is 3.14. The van der Waals surface area contributed by atoms with Crippen LogP contribution in [-0.2, 0) is 0 Å². The topological polar surface area (TPSA) is 9.23 Å². The molecule has 16 heavy (non-hydrogen) atoms. The molecule has 0 radical (unpaired) electrons. The molecule has 0 aliphatic carbocycles. The summed E-state index contributed by atoms with van der Waals surface area (Å²) in [6, 6.07) is 7.75. The Balaban J connectivity index is 2.59. The molecule has 0 amide bonds. The van der Waals surface area contributed by atoms with Gasteiger partial charge in [-0.1, -0.05) is 24.3 Å². The van der Waals surface area contributed by atoms with Gasteiger partial charge in [-0.05, 0) is 12.1 Å². The van der Waals surface area contributed by atoms with Crippen molar-refractivity contribution >= 4 is 10.8 Å². The van der Waals surface area contributed by atoms with E-state index in [9.17, 15) is 17.6 Å². The number of fused-ring (bicyclic) bond motifs is 1. The molecule has 0 unspecified atom stereocenters. The molecule has 0 aromatic heterocycles. The van der Waals surface area contributed by atoms with E-state index in [0.717, 1.165) is 12.1 Å². The van der Waals surface area contributed by atoms with Gasteiger partial charge >= 0.3 is 6.36 Å². The number of alkyl halides is 3. The van der Waals surface area contributed by atoms with Crippen molar-refractivity contribution in [2.24, 2.45) is 0 Å². The van der Waals surface area contributed by atoms with Crippen LogP contribution in [0.3, 0.4) is 0 Å². The predicted octanol–water partition coefficient (Wildman–Crippen LogP) is 3.88. The number of ether oxygens (including phenoxy) is 1. The maximum absolute atomic E-state index is 13.3. The quantitative estimate of drug-likeness (QED) is 0.675. The Morgan fingerprint density at radius 3 is 2.12 bits per heavy atom. The summed E-state index contributed by atoms with van der Waals surface area (Å²) in [5.74, 6) is -0.977. The maximum Gasteiger partial charge on any atom is 0.573 e. The van der Waals surface area contributed by atoms with E-state index in [2.05, 4.69) is 4.74 Å². The molecule has 1 nitrogen and oxygen atoms in total. The molecule has 84 valence electrons. The highest BCUT2D eigenvalue weighted by Gasteiger charge is 2.31. The summed E-state index contributed by atoms with van der Waals surface area (Å²) in [4.78, 5) is 0. The number of halogens is 4. The Kier molecular flexibility index (Phi) is 2.46. The van der Waals surface area contributed by atoms with Crippen molar-refractivity contribution in [2.75, 3.05) is 0 Å². The third-order valence-corrected chi connectivity index (χ3v) is 2.06. The molecular weight excluding hydrogens is 224 g/mol. The second-order valence-electron chi connectivity index (χ2n) is 3.14. The zero-order chi connectivity index (χ0) is 11.8. The van der Waals surface area contributed by atoms with E-state index in [4.69, 9.17) is 0 Å². The first-order valence-electron chi connectivity index (χ1n) is 4.40. The van der Waals surface area contributed by atoms with Crippen molar-refractivity contribution in [3.63, 3.8) is 0 Å². The minimum Gasteiger partial charge on any atom is -0.405 e. The van der Waals surface area contributed by atoms with Crippen LogP contribution in [0.15, 0.2) is 36.4 Å². The number of rotatable bonds is 1. The zero-order valence-electron chi connectivity index (χ0n) is 7.88. The highest BCUT2D eigenvalue weighted by Crippen LogP contribution is 2.31. The van der Waals surface area contributed by atoms with Crippen molar-refractivity contribution in [1.29, 1.82) is 0 Å². The van der Waals surface area contributed by atoms with Gasteiger partial charge in [0, 0.05) is 10.8 Å². The van der Waals surface area contributed by atoms with Crippen LogP contribution in [0.2, 0.25) is 0 Å². The highest BCUT2D eigenvalue weighted by molar-refractivity contribution is 5.88. The SMILES string of the molecule is Fc1ccc(OC(F)(F)F)c2ccccc12. The Labute approximate surface area is 88.3 Å². The Bertz CT molecular complexity index is 519. The van der Waals surface area contributed by atoms with Gasteiger partial charge in [-0.25, -0.2) is 4.39 Å². The van der Waals surface area contributed by atoms with Gasteiger partial charge in [0.2, 0.25) is 0 Å². The van der Waals surface area contributed by atoms with E-state index < -0.39 is 17.9 Å². The lowest BCUT2D eigenvalue weighted by atomic mass is 10.1. The molecule has 0 spiro atoms. The molecule has 0 bridgehead atoms. The van der Waals surface area contributed by atoms with Gasteiger partial charge in [-0.3, -0.25) is 0 Å². The molecule has 0 atom stereocenters. The van der Waals surface area contributed by atoms with Gasteiger partial charge in [-0.2, -0.15) is 0 Å². The van der Waals surface area contributed by atoms with E-state index in [1.54, 1.807) is 6.07 Å². The Morgan fingerprint density at radius 1 is 0.875 bits per heavy atom. The number of benzene rings is 2. The summed E-state index contributed by atoms with van der Waals surface area (Å²) in [5, 5.41) is 0.198. The fourth-order valence-corrected chi connectivity index (χ4v) is 1.45. The van der Waals surface area contributed by atoms with Crippen molar-refractivity contribution in [3.05, 3.63) is 42.2 Å². The molecule has 0 aliphatic rings. The molecule has 2 aromatic carbocycles. The average molecular weight is 230 g/mol. The predicted molar refractivity (Wildman–Crippen MR) is 50.6 cm³/mol. The average Bonchev–Trinajstić information content (AvgIpc) is 2.21. The molecule has 0 fully saturated rings. The highest BCUT2D eigenvalue weighted by atomic mass is 19.4. The van der Waals surface area contributed by atoms with Crippen molar-refractivity contribution in [2.45, 2.75) is 6.36 Å². The van der Waals surface area contributed by atoms with E-state index in [-0.39, 0.29) is 10.8 Å².